The number of nitrogens with one attached hydrogen (secondary N) is 1. The summed E-state index contributed by atoms with van der Waals surface area (Å²) in [4.78, 5) is 12.6. The van der Waals surface area contributed by atoms with Crippen LogP contribution in [-0.2, 0) is 11.2 Å². The highest BCUT2D eigenvalue weighted by molar-refractivity contribution is 7.98. The number of anilines is 3. The van der Waals surface area contributed by atoms with Gasteiger partial charge in [-0.3, -0.25) is 0 Å². The zero-order chi connectivity index (χ0) is 17.9. The van der Waals surface area contributed by atoms with E-state index < -0.39 is 0 Å². The third-order valence-electron chi connectivity index (χ3n) is 3.10. The fourth-order valence-electron chi connectivity index (χ4n) is 1.91. The molecule has 0 bridgehead atoms. The largest absolute Gasteiger partial charge is 0.415 e. The van der Waals surface area contributed by atoms with E-state index in [1.54, 1.807) is 0 Å². The topological polar surface area (TPSA) is 116 Å². The van der Waals surface area contributed by atoms with Crippen molar-refractivity contribution in [2.45, 2.75) is 37.2 Å². The van der Waals surface area contributed by atoms with Gasteiger partial charge in [0.1, 0.15) is 5.82 Å². The molecule has 0 spiro atoms. The summed E-state index contributed by atoms with van der Waals surface area (Å²) in [7, 11) is 0. The number of hydrogen-bond acceptors (Lipinski definition) is 9. The van der Waals surface area contributed by atoms with Gasteiger partial charge in [0, 0.05) is 11.1 Å². The van der Waals surface area contributed by atoms with Gasteiger partial charge in [-0.1, -0.05) is 50.7 Å². The second-order valence-electron chi connectivity index (χ2n) is 6.34. The molecule has 0 atom stereocenters. The van der Waals surface area contributed by atoms with Crippen LogP contribution in [0, 0.1) is 0 Å². The van der Waals surface area contributed by atoms with E-state index in [0.29, 0.717) is 28.6 Å². The molecule has 25 heavy (non-hydrogen) atoms. The summed E-state index contributed by atoms with van der Waals surface area (Å²) in [5.74, 6) is 2.13. The molecule has 0 radical (unpaired) electrons. The normalized spacial score (nSPS) is 11.5. The van der Waals surface area contributed by atoms with Crippen LogP contribution in [0.3, 0.4) is 0 Å². The Morgan fingerprint density at radius 3 is 2.52 bits per heavy atom. The molecule has 0 unspecified atom stereocenters. The highest BCUT2D eigenvalue weighted by Crippen LogP contribution is 2.26. The van der Waals surface area contributed by atoms with Crippen LogP contribution in [-0.4, -0.2) is 25.1 Å². The van der Waals surface area contributed by atoms with Gasteiger partial charge in [0.2, 0.25) is 17.8 Å². The molecule has 0 amide bonds. The van der Waals surface area contributed by atoms with Crippen LogP contribution in [0.15, 0.2) is 40.0 Å². The predicted molar refractivity (Wildman–Crippen MR) is 96.5 cm³/mol. The van der Waals surface area contributed by atoms with Crippen LogP contribution in [0.5, 0.6) is 0 Å². The Balaban J connectivity index is 1.69. The Hall–Kier alpha value is -2.68. The number of hydrogen-bond donors (Lipinski definition) is 2. The first-order chi connectivity index (χ1) is 11.9. The van der Waals surface area contributed by atoms with Crippen molar-refractivity contribution in [1.29, 1.82) is 0 Å². The molecular formula is C16H19N7OS. The standard InChI is InChI=1S/C16H19N7OS/c1-16(2,3)12-22-23-15(24-12)25-9-11-19-13(17)21-14(20-11)18-10-7-5-4-6-8-10/h4-8H,9H2,1-3H3,(H3,17,18,19,20,21). The molecule has 2 heterocycles. The maximum absolute atomic E-state index is 5.78. The first-order valence-corrected chi connectivity index (χ1v) is 8.68. The Morgan fingerprint density at radius 1 is 1.08 bits per heavy atom. The number of nitrogens with zero attached hydrogens (tertiary/aromatic N) is 5. The molecule has 3 aromatic rings. The lowest BCUT2D eigenvalue weighted by molar-refractivity contribution is 0.347. The Labute approximate surface area is 149 Å². The first kappa shape index (κ1) is 17.2. The molecule has 0 fully saturated rings. The molecule has 0 saturated heterocycles. The number of thioether (sulfide) groups is 1. The summed E-state index contributed by atoms with van der Waals surface area (Å²) >= 11 is 1.36. The van der Waals surface area contributed by atoms with Gasteiger partial charge < -0.3 is 15.5 Å². The van der Waals surface area contributed by atoms with Gasteiger partial charge in [-0.2, -0.15) is 15.0 Å². The van der Waals surface area contributed by atoms with Crippen molar-refractivity contribution in [1.82, 2.24) is 25.1 Å². The molecular weight excluding hydrogens is 338 g/mol. The van der Waals surface area contributed by atoms with Crippen LogP contribution in [0.25, 0.3) is 0 Å². The molecule has 9 heteroatoms. The molecule has 0 aliphatic carbocycles. The molecule has 0 aliphatic heterocycles. The predicted octanol–water partition coefficient (Wildman–Crippen LogP) is 3.17. The van der Waals surface area contributed by atoms with E-state index in [1.807, 2.05) is 51.1 Å². The summed E-state index contributed by atoms with van der Waals surface area (Å²) < 4.78 is 5.65. The first-order valence-electron chi connectivity index (χ1n) is 7.69. The molecule has 2 aromatic heterocycles. The SMILES string of the molecule is CC(C)(C)c1nnc(SCc2nc(N)nc(Nc3ccccc3)n2)o1. The van der Waals surface area contributed by atoms with E-state index in [1.165, 1.54) is 11.8 Å². The number of nitrogens with two attached hydrogens (primary N) is 1. The Kier molecular flexibility index (Phi) is 4.84. The third kappa shape index (κ3) is 4.66. The summed E-state index contributed by atoms with van der Waals surface area (Å²) in [5, 5.41) is 11.7. The van der Waals surface area contributed by atoms with Crippen LogP contribution >= 0.6 is 11.8 Å². The second-order valence-corrected chi connectivity index (χ2v) is 7.26. The highest BCUT2D eigenvalue weighted by Gasteiger charge is 2.21. The maximum atomic E-state index is 5.78. The van der Waals surface area contributed by atoms with E-state index in [0.717, 1.165) is 5.69 Å². The Morgan fingerprint density at radius 2 is 1.84 bits per heavy atom. The summed E-state index contributed by atoms with van der Waals surface area (Å²) in [6.45, 7) is 6.05. The summed E-state index contributed by atoms with van der Waals surface area (Å²) in [6.07, 6.45) is 0. The minimum absolute atomic E-state index is 0.157. The molecule has 0 aliphatic rings. The lowest BCUT2D eigenvalue weighted by Gasteiger charge is -2.10. The van der Waals surface area contributed by atoms with E-state index in [9.17, 15) is 0 Å². The van der Waals surface area contributed by atoms with Crippen LogP contribution in [0.1, 0.15) is 32.5 Å². The minimum atomic E-state index is -0.184. The van der Waals surface area contributed by atoms with Crippen molar-refractivity contribution in [3.8, 4) is 0 Å². The van der Waals surface area contributed by atoms with Crippen molar-refractivity contribution in [2.75, 3.05) is 11.1 Å². The van der Waals surface area contributed by atoms with E-state index >= 15 is 0 Å². The molecule has 3 rings (SSSR count). The summed E-state index contributed by atoms with van der Waals surface area (Å²) in [5.41, 5.74) is 6.47. The van der Waals surface area contributed by atoms with E-state index in [2.05, 4.69) is 30.5 Å². The number of benzene rings is 1. The lowest BCUT2D eigenvalue weighted by Crippen LogP contribution is -2.11. The number of para-hydroxylation sites is 1. The average molecular weight is 357 g/mol. The van der Waals surface area contributed by atoms with Gasteiger partial charge in [-0.15, -0.1) is 10.2 Å². The maximum Gasteiger partial charge on any atom is 0.277 e. The lowest BCUT2D eigenvalue weighted by atomic mass is 9.97. The molecule has 1 aromatic carbocycles. The van der Waals surface area contributed by atoms with Crippen molar-refractivity contribution in [3.05, 3.63) is 42.0 Å². The van der Waals surface area contributed by atoms with Crippen molar-refractivity contribution in [2.24, 2.45) is 0 Å². The van der Waals surface area contributed by atoms with E-state index in [-0.39, 0.29) is 11.4 Å². The van der Waals surface area contributed by atoms with Gasteiger partial charge >= 0.3 is 0 Å². The van der Waals surface area contributed by atoms with Gasteiger partial charge in [-0.05, 0) is 12.1 Å². The number of nitrogen functional groups attached to an aromatic ring is 1. The van der Waals surface area contributed by atoms with Gasteiger partial charge in [0.05, 0.1) is 5.75 Å². The minimum Gasteiger partial charge on any atom is -0.415 e. The fraction of sp³-hybridized carbons (Fsp3) is 0.312. The van der Waals surface area contributed by atoms with Gasteiger partial charge in [-0.25, -0.2) is 0 Å². The average Bonchev–Trinajstić information content (AvgIpc) is 3.03. The van der Waals surface area contributed by atoms with Crippen molar-refractivity contribution in [3.63, 3.8) is 0 Å². The van der Waals surface area contributed by atoms with Crippen molar-refractivity contribution < 1.29 is 4.42 Å². The quantitative estimate of drug-likeness (QED) is 0.664. The Bertz CT molecular complexity index is 845. The highest BCUT2D eigenvalue weighted by atomic mass is 32.2. The van der Waals surface area contributed by atoms with E-state index in [4.69, 9.17) is 10.2 Å². The zero-order valence-corrected chi connectivity index (χ0v) is 15.0. The van der Waals surface area contributed by atoms with Gasteiger partial charge in [0.15, 0.2) is 0 Å². The molecule has 8 nitrogen and oxygen atoms in total. The number of aromatic nitrogens is 5. The second kappa shape index (κ2) is 7.06. The number of rotatable bonds is 5. The molecule has 130 valence electrons. The molecule has 0 saturated carbocycles. The zero-order valence-electron chi connectivity index (χ0n) is 14.2. The smallest absolute Gasteiger partial charge is 0.277 e. The van der Waals surface area contributed by atoms with Gasteiger partial charge in [0.25, 0.3) is 5.22 Å². The van der Waals surface area contributed by atoms with Crippen molar-refractivity contribution >= 4 is 29.3 Å². The van der Waals surface area contributed by atoms with Crippen LogP contribution in [0.4, 0.5) is 17.6 Å². The molecule has 3 N–H and O–H groups in total. The van der Waals surface area contributed by atoms with Crippen LogP contribution < -0.4 is 11.1 Å². The fourth-order valence-corrected chi connectivity index (χ4v) is 2.52. The third-order valence-corrected chi connectivity index (χ3v) is 3.92. The van der Waals surface area contributed by atoms with Crippen LogP contribution in [0.2, 0.25) is 0 Å². The monoisotopic (exact) mass is 357 g/mol. The summed E-state index contributed by atoms with van der Waals surface area (Å²) in [6, 6.07) is 9.62.